The average molecular weight is 416 g/mol. The number of para-hydroxylation sites is 1. The lowest BCUT2D eigenvalue weighted by Crippen LogP contribution is -2.27. The number of rotatable bonds is 7. The smallest absolute Gasteiger partial charge is 0.252 e. The Balaban J connectivity index is 1.87. The van der Waals surface area contributed by atoms with Gasteiger partial charge in [0.2, 0.25) is 10.0 Å². The van der Waals surface area contributed by atoms with Crippen molar-refractivity contribution < 1.29 is 22.4 Å². The van der Waals surface area contributed by atoms with Gasteiger partial charge in [-0.3, -0.25) is 4.79 Å². The van der Waals surface area contributed by atoms with Crippen LogP contribution in [0.4, 0.5) is 0 Å². The number of carbonyl (C=O) groups excluding carboxylic acids is 1. The Kier molecular flexibility index (Phi) is 5.95. The zero-order valence-electron chi connectivity index (χ0n) is 16.8. The minimum Gasteiger partial charge on any atom is -0.490 e. The largest absolute Gasteiger partial charge is 0.490 e. The summed E-state index contributed by atoms with van der Waals surface area (Å²) in [6.45, 7) is 5.98. The molecule has 2 aromatic carbocycles. The second kappa shape index (κ2) is 8.26. The first kappa shape index (κ1) is 20.9. The summed E-state index contributed by atoms with van der Waals surface area (Å²) >= 11 is 0. The van der Waals surface area contributed by atoms with E-state index < -0.39 is 16.1 Å². The lowest BCUT2D eigenvalue weighted by molar-refractivity contribution is 0.0935. The van der Waals surface area contributed by atoms with E-state index in [1.165, 1.54) is 19.2 Å². The highest BCUT2D eigenvalue weighted by Crippen LogP contribution is 2.31. The summed E-state index contributed by atoms with van der Waals surface area (Å²) in [5.74, 6) is 0.849. The van der Waals surface area contributed by atoms with Crippen LogP contribution in [0.5, 0.6) is 5.75 Å². The first-order valence-electron chi connectivity index (χ1n) is 9.27. The molecule has 1 amide bonds. The van der Waals surface area contributed by atoms with Gasteiger partial charge in [0.05, 0.1) is 17.5 Å². The third kappa shape index (κ3) is 4.28. The van der Waals surface area contributed by atoms with Gasteiger partial charge in [0, 0.05) is 10.9 Å². The Morgan fingerprint density at radius 2 is 1.97 bits per heavy atom. The van der Waals surface area contributed by atoms with Crippen LogP contribution in [0.25, 0.3) is 11.0 Å². The summed E-state index contributed by atoms with van der Waals surface area (Å²) in [5.41, 5.74) is 1.59. The van der Waals surface area contributed by atoms with Gasteiger partial charge >= 0.3 is 0 Å². The maximum atomic E-state index is 12.8. The molecule has 0 bridgehead atoms. The number of benzene rings is 2. The normalized spacial score (nSPS) is 12.7. The molecule has 3 rings (SSSR count). The van der Waals surface area contributed by atoms with E-state index in [9.17, 15) is 13.2 Å². The van der Waals surface area contributed by atoms with E-state index in [2.05, 4.69) is 10.0 Å². The number of nitrogens with one attached hydrogen (secondary N) is 2. The van der Waals surface area contributed by atoms with Crippen molar-refractivity contribution in [2.45, 2.75) is 31.7 Å². The van der Waals surface area contributed by atoms with Crippen LogP contribution in [-0.2, 0) is 10.0 Å². The van der Waals surface area contributed by atoms with Crippen LogP contribution in [0, 0.1) is 6.92 Å². The molecular weight excluding hydrogens is 392 g/mol. The summed E-state index contributed by atoms with van der Waals surface area (Å²) in [6, 6.07) is 11.5. The highest BCUT2D eigenvalue weighted by atomic mass is 32.2. The van der Waals surface area contributed by atoms with Crippen LogP contribution < -0.4 is 14.8 Å². The molecular formula is C21H24N2O5S. The number of sulfonamides is 1. The molecule has 0 radical (unpaired) electrons. The van der Waals surface area contributed by atoms with Crippen molar-refractivity contribution in [2.75, 3.05) is 13.7 Å². The van der Waals surface area contributed by atoms with Crippen molar-refractivity contribution >= 4 is 26.9 Å². The molecule has 2 N–H and O–H groups in total. The molecule has 1 atom stereocenters. The van der Waals surface area contributed by atoms with Crippen LogP contribution in [-0.4, -0.2) is 28.0 Å². The van der Waals surface area contributed by atoms with E-state index in [-0.39, 0.29) is 10.8 Å². The van der Waals surface area contributed by atoms with Crippen molar-refractivity contribution in [3.05, 3.63) is 59.4 Å². The monoisotopic (exact) mass is 416 g/mol. The van der Waals surface area contributed by atoms with Crippen LogP contribution in [0.1, 0.15) is 41.6 Å². The van der Waals surface area contributed by atoms with Gasteiger partial charge in [-0.05, 0) is 57.6 Å². The number of aryl methyl sites for hydroxylation is 1. The summed E-state index contributed by atoms with van der Waals surface area (Å²) < 4.78 is 37.9. The standard InChI is InChI=1S/C21H24N2O5S/c1-5-27-18-8-6-7-15-11-19(28-20(15)18)14(3)23-21(24)17-12-16(10-9-13(17)2)29(25,26)22-4/h6-12,14,22H,5H2,1-4H3,(H,23,24). The molecule has 7 nitrogen and oxygen atoms in total. The molecule has 8 heteroatoms. The molecule has 0 aliphatic rings. The van der Waals surface area contributed by atoms with Gasteiger partial charge in [-0.2, -0.15) is 0 Å². The summed E-state index contributed by atoms with van der Waals surface area (Å²) in [6.07, 6.45) is 0. The van der Waals surface area contributed by atoms with Crippen LogP contribution in [0.15, 0.2) is 51.8 Å². The van der Waals surface area contributed by atoms with Gasteiger partial charge in [0.15, 0.2) is 11.3 Å². The van der Waals surface area contributed by atoms with Gasteiger partial charge in [0.25, 0.3) is 5.91 Å². The van der Waals surface area contributed by atoms with Crippen molar-refractivity contribution in [2.24, 2.45) is 0 Å². The fourth-order valence-corrected chi connectivity index (χ4v) is 3.77. The van der Waals surface area contributed by atoms with E-state index >= 15 is 0 Å². The number of furan rings is 1. The van der Waals surface area contributed by atoms with Crippen molar-refractivity contribution in [3.8, 4) is 5.75 Å². The minimum absolute atomic E-state index is 0.0356. The zero-order valence-corrected chi connectivity index (χ0v) is 17.6. The highest BCUT2D eigenvalue weighted by Gasteiger charge is 2.20. The number of carbonyl (C=O) groups is 1. The molecule has 1 heterocycles. The molecule has 0 saturated heterocycles. The fraction of sp³-hybridized carbons (Fsp3) is 0.286. The van der Waals surface area contributed by atoms with Gasteiger partial charge in [-0.15, -0.1) is 0 Å². The van der Waals surface area contributed by atoms with E-state index in [1.54, 1.807) is 19.9 Å². The molecule has 0 aliphatic carbocycles. The Morgan fingerprint density at radius 1 is 1.21 bits per heavy atom. The Morgan fingerprint density at radius 3 is 2.66 bits per heavy atom. The third-order valence-corrected chi connectivity index (χ3v) is 6.05. The Labute approximate surface area is 170 Å². The van der Waals surface area contributed by atoms with E-state index in [1.807, 2.05) is 31.2 Å². The van der Waals surface area contributed by atoms with E-state index in [4.69, 9.17) is 9.15 Å². The maximum Gasteiger partial charge on any atom is 0.252 e. The molecule has 1 unspecified atom stereocenters. The highest BCUT2D eigenvalue weighted by molar-refractivity contribution is 7.89. The first-order chi connectivity index (χ1) is 13.8. The third-order valence-electron chi connectivity index (χ3n) is 4.63. The van der Waals surface area contributed by atoms with Gasteiger partial charge in [-0.25, -0.2) is 13.1 Å². The maximum absolute atomic E-state index is 12.8. The number of fused-ring (bicyclic) bond motifs is 1. The fourth-order valence-electron chi connectivity index (χ4n) is 3.02. The number of hydrogen-bond acceptors (Lipinski definition) is 5. The first-order valence-corrected chi connectivity index (χ1v) is 10.8. The Hall–Kier alpha value is -2.84. The lowest BCUT2D eigenvalue weighted by Gasteiger charge is -2.14. The van der Waals surface area contributed by atoms with E-state index in [0.717, 1.165) is 5.39 Å². The molecule has 29 heavy (non-hydrogen) atoms. The van der Waals surface area contributed by atoms with Gasteiger partial charge < -0.3 is 14.5 Å². The Bertz CT molecular complexity index is 1150. The molecule has 1 aromatic heterocycles. The molecule has 0 aliphatic heterocycles. The molecule has 0 spiro atoms. The zero-order chi connectivity index (χ0) is 21.2. The van der Waals surface area contributed by atoms with Gasteiger partial charge in [-0.1, -0.05) is 18.2 Å². The van der Waals surface area contributed by atoms with Gasteiger partial charge in [0.1, 0.15) is 5.76 Å². The second-order valence-corrected chi connectivity index (χ2v) is 8.52. The predicted molar refractivity (Wildman–Crippen MR) is 111 cm³/mol. The predicted octanol–water partition coefficient (Wildman–Crippen LogP) is 3.54. The molecule has 0 fully saturated rings. The van der Waals surface area contributed by atoms with Crippen molar-refractivity contribution in [3.63, 3.8) is 0 Å². The molecule has 154 valence electrons. The number of amides is 1. The quantitative estimate of drug-likeness (QED) is 0.614. The number of ether oxygens (including phenoxy) is 1. The van der Waals surface area contributed by atoms with Crippen molar-refractivity contribution in [1.29, 1.82) is 0 Å². The molecule has 0 saturated carbocycles. The van der Waals surface area contributed by atoms with Crippen molar-refractivity contribution in [1.82, 2.24) is 10.0 Å². The number of hydrogen-bond donors (Lipinski definition) is 2. The summed E-state index contributed by atoms with van der Waals surface area (Å²) in [4.78, 5) is 12.8. The summed E-state index contributed by atoms with van der Waals surface area (Å²) in [7, 11) is -2.31. The van der Waals surface area contributed by atoms with Crippen LogP contribution >= 0.6 is 0 Å². The van der Waals surface area contributed by atoms with Crippen LogP contribution in [0.3, 0.4) is 0 Å². The second-order valence-electron chi connectivity index (χ2n) is 6.64. The summed E-state index contributed by atoms with van der Waals surface area (Å²) in [5, 5.41) is 3.75. The van der Waals surface area contributed by atoms with Crippen LogP contribution in [0.2, 0.25) is 0 Å². The SMILES string of the molecule is CCOc1cccc2cc(C(C)NC(=O)c3cc(S(=O)(=O)NC)ccc3C)oc12. The lowest BCUT2D eigenvalue weighted by atomic mass is 10.1. The average Bonchev–Trinajstić information content (AvgIpc) is 3.14. The van der Waals surface area contributed by atoms with E-state index in [0.29, 0.717) is 34.8 Å². The topological polar surface area (TPSA) is 97.6 Å². The minimum atomic E-state index is -3.64. The molecule has 3 aromatic rings.